The zero-order valence-corrected chi connectivity index (χ0v) is 14.4. The van der Waals surface area contributed by atoms with Gasteiger partial charge in [0, 0.05) is 33.0 Å². The molecule has 0 aliphatic heterocycles. The van der Waals surface area contributed by atoms with Crippen LogP contribution in [0.1, 0.15) is 11.4 Å². The maximum atomic E-state index is 6.13. The van der Waals surface area contributed by atoms with Gasteiger partial charge in [0.25, 0.3) is 0 Å². The summed E-state index contributed by atoms with van der Waals surface area (Å²) in [6, 6.07) is 10.3. The third-order valence-corrected chi connectivity index (χ3v) is 4.06. The SMILES string of the molecule is CNc1c(Cl)ncnc1N(C)Cc1nccn1Cc1ccccc1. The second kappa shape index (κ2) is 7.31. The molecule has 124 valence electrons. The second-order valence-corrected chi connectivity index (χ2v) is 5.78. The van der Waals surface area contributed by atoms with E-state index in [2.05, 4.69) is 37.0 Å². The van der Waals surface area contributed by atoms with Crippen molar-refractivity contribution in [1.29, 1.82) is 0 Å². The molecule has 6 nitrogen and oxygen atoms in total. The minimum absolute atomic E-state index is 0.405. The lowest BCUT2D eigenvalue weighted by Gasteiger charge is -2.21. The number of imidazole rings is 1. The number of hydrogen-bond donors (Lipinski definition) is 1. The normalized spacial score (nSPS) is 10.6. The average Bonchev–Trinajstić information content (AvgIpc) is 3.02. The van der Waals surface area contributed by atoms with Crippen LogP contribution in [0.5, 0.6) is 0 Å². The molecule has 0 aliphatic rings. The summed E-state index contributed by atoms with van der Waals surface area (Å²) in [6.45, 7) is 1.40. The summed E-state index contributed by atoms with van der Waals surface area (Å²) in [5.41, 5.74) is 1.95. The Balaban J connectivity index is 1.80. The van der Waals surface area contributed by atoms with E-state index in [1.54, 1.807) is 7.05 Å². The lowest BCUT2D eigenvalue weighted by Crippen LogP contribution is -2.22. The Hall–Kier alpha value is -2.60. The number of aromatic nitrogens is 4. The molecule has 24 heavy (non-hydrogen) atoms. The van der Waals surface area contributed by atoms with Crippen LogP contribution in [-0.2, 0) is 13.1 Å². The van der Waals surface area contributed by atoms with Gasteiger partial charge in [-0.05, 0) is 5.56 Å². The van der Waals surface area contributed by atoms with Crippen molar-refractivity contribution in [3.8, 4) is 0 Å². The topological polar surface area (TPSA) is 58.9 Å². The molecule has 7 heteroatoms. The van der Waals surface area contributed by atoms with E-state index in [9.17, 15) is 0 Å². The molecule has 0 amide bonds. The van der Waals surface area contributed by atoms with Crippen LogP contribution in [-0.4, -0.2) is 33.6 Å². The van der Waals surface area contributed by atoms with Crippen LogP contribution in [0.4, 0.5) is 11.5 Å². The maximum Gasteiger partial charge on any atom is 0.157 e. The van der Waals surface area contributed by atoms with Crippen molar-refractivity contribution in [2.24, 2.45) is 0 Å². The molecule has 0 saturated carbocycles. The zero-order chi connectivity index (χ0) is 16.9. The standard InChI is InChI=1S/C17H19ClN6/c1-19-15-16(18)21-12-22-17(15)23(2)11-14-20-8-9-24(14)10-13-6-4-3-5-7-13/h3-9,12,19H,10-11H2,1-2H3. The summed E-state index contributed by atoms with van der Waals surface area (Å²) in [6.07, 6.45) is 5.27. The van der Waals surface area contributed by atoms with Crippen LogP contribution in [0.2, 0.25) is 5.15 Å². The highest BCUT2D eigenvalue weighted by Gasteiger charge is 2.15. The number of halogens is 1. The van der Waals surface area contributed by atoms with E-state index < -0.39 is 0 Å². The smallest absolute Gasteiger partial charge is 0.157 e. The van der Waals surface area contributed by atoms with Gasteiger partial charge in [0.15, 0.2) is 11.0 Å². The molecule has 1 N–H and O–H groups in total. The highest BCUT2D eigenvalue weighted by atomic mass is 35.5. The first kappa shape index (κ1) is 16.3. The number of nitrogens with one attached hydrogen (secondary N) is 1. The van der Waals surface area contributed by atoms with Crippen LogP contribution >= 0.6 is 11.6 Å². The van der Waals surface area contributed by atoms with Gasteiger partial charge in [-0.3, -0.25) is 0 Å². The Bertz CT molecular complexity index is 802. The summed E-state index contributed by atoms with van der Waals surface area (Å²) < 4.78 is 2.13. The van der Waals surface area contributed by atoms with Crippen molar-refractivity contribution in [1.82, 2.24) is 19.5 Å². The van der Waals surface area contributed by atoms with Crippen molar-refractivity contribution in [3.63, 3.8) is 0 Å². The predicted molar refractivity (Wildman–Crippen MR) is 96.5 cm³/mol. The Labute approximate surface area is 146 Å². The van der Waals surface area contributed by atoms with E-state index in [1.807, 2.05) is 42.5 Å². The van der Waals surface area contributed by atoms with Crippen LogP contribution in [0.3, 0.4) is 0 Å². The zero-order valence-electron chi connectivity index (χ0n) is 13.6. The molecule has 1 aromatic carbocycles. The van der Waals surface area contributed by atoms with Crippen molar-refractivity contribution >= 4 is 23.1 Å². The highest BCUT2D eigenvalue weighted by molar-refractivity contribution is 6.32. The molecule has 2 aromatic heterocycles. The molecule has 0 aliphatic carbocycles. The molecule has 3 rings (SSSR count). The van der Waals surface area contributed by atoms with E-state index in [1.165, 1.54) is 11.9 Å². The van der Waals surface area contributed by atoms with E-state index in [-0.39, 0.29) is 0 Å². The van der Waals surface area contributed by atoms with Gasteiger partial charge in [-0.25, -0.2) is 15.0 Å². The molecule has 0 fully saturated rings. The molecule has 0 radical (unpaired) electrons. The van der Waals surface area contributed by atoms with Gasteiger partial charge in [-0.2, -0.15) is 0 Å². The fraction of sp³-hybridized carbons (Fsp3) is 0.235. The van der Waals surface area contributed by atoms with E-state index in [0.29, 0.717) is 17.4 Å². The monoisotopic (exact) mass is 342 g/mol. The summed E-state index contributed by atoms with van der Waals surface area (Å²) >= 11 is 6.13. The van der Waals surface area contributed by atoms with Crippen molar-refractivity contribution in [3.05, 3.63) is 65.6 Å². The summed E-state index contributed by atoms with van der Waals surface area (Å²) in [5, 5.41) is 3.46. The highest BCUT2D eigenvalue weighted by Crippen LogP contribution is 2.28. The first-order chi connectivity index (χ1) is 11.7. The van der Waals surface area contributed by atoms with Crippen molar-refractivity contribution in [2.45, 2.75) is 13.1 Å². The number of nitrogens with zero attached hydrogens (tertiary/aromatic N) is 5. The van der Waals surface area contributed by atoms with E-state index >= 15 is 0 Å². The maximum absolute atomic E-state index is 6.13. The average molecular weight is 343 g/mol. The quantitative estimate of drug-likeness (QED) is 0.698. The molecular weight excluding hydrogens is 324 g/mol. The minimum atomic E-state index is 0.405. The number of anilines is 2. The third-order valence-electron chi connectivity index (χ3n) is 3.77. The van der Waals surface area contributed by atoms with Crippen LogP contribution in [0, 0.1) is 0 Å². The largest absolute Gasteiger partial charge is 0.383 e. The Kier molecular flexibility index (Phi) is 4.96. The van der Waals surface area contributed by atoms with Crippen LogP contribution < -0.4 is 10.2 Å². The first-order valence-corrected chi connectivity index (χ1v) is 8.00. The summed E-state index contributed by atoms with van der Waals surface area (Å²) in [4.78, 5) is 14.8. The Morgan fingerprint density at radius 2 is 1.96 bits per heavy atom. The van der Waals surface area contributed by atoms with Crippen molar-refractivity contribution < 1.29 is 0 Å². The van der Waals surface area contributed by atoms with Gasteiger partial charge in [0.05, 0.1) is 6.54 Å². The number of hydrogen-bond acceptors (Lipinski definition) is 5. The number of benzene rings is 1. The fourth-order valence-corrected chi connectivity index (χ4v) is 2.79. The predicted octanol–water partition coefficient (Wildman–Crippen LogP) is 3.05. The van der Waals surface area contributed by atoms with Gasteiger partial charge in [-0.15, -0.1) is 0 Å². The van der Waals surface area contributed by atoms with Crippen LogP contribution in [0.25, 0.3) is 0 Å². The lowest BCUT2D eigenvalue weighted by molar-refractivity contribution is 0.704. The molecule has 0 unspecified atom stereocenters. The molecule has 0 atom stereocenters. The molecule has 3 aromatic rings. The van der Waals surface area contributed by atoms with Gasteiger partial charge in [-0.1, -0.05) is 41.9 Å². The third kappa shape index (κ3) is 3.49. The first-order valence-electron chi connectivity index (χ1n) is 7.62. The second-order valence-electron chi connectivity index (χ2n) is 5.43. The summed E-state index contributed by atoms with van der Waals surface area (Å²) in [5.74, 6) is 1.70. The molecule has 0 bridgehead atoms. The Morgan fingerprint density at radius 3 is 2.71 bits per heavy atom. The van der Waals surface area contributed by atoms with E-state index in [4.69, 9.17) is 11.6 Å². The lowest BCUT2D eigenvalue weighted by atomic mass is 10.2. The van der Waals surface area contributed by atoms with Gasteiger partial charge in [0.2, 0.25) is 0 Å². The minimum Gasteiger partial charge on any atom is -0.383 e. The Morgan fingerprint density at radius 1 is 1.17 bits per heavy atom. The van der Waals surface area contributed by atoms with Gasteiger partial charge in [0.1, 0.15) is 17.8 Å². The summed E-state index contributed by atoms with van der Waals surface area (Å²) in [7, 11) is 3.76. The number of rotatable bonds is 6. The van der Waals surface area contributed by atoms with Crippen molar-refractivity contribution in [2.75, 3.05) is 24.3 Å². The molecular formula is C17H19ClN6. The fourth-order valence-electron chi connectivity index (χ4n) is 2.56. The van der Waals surface area contributed by atoms with Gasteiger partial charge >= 0.3 is 0 Å². The van der Waals surface area contributed by atoms with E-state index in [0.717, 1.165) is 18.2 Å². The molecule has 0 spiro atoms. The van der Waals surface area contributed by atoms with Gasteiger partial charge < -0.3 is 14.8 Å². The van der Waals surface area contributed by atoms with Crippen LogP contribution in [0.15, 0.2) is 49.1 Å². The molecule has 0 saturated heterocycles. The molecule has 2 heterocycles.